The number of amides is 1. The summed E-state index contributed by atoms with van der Waals surface area (Å²) in [7, 11) is 0. The van der Waals surface area contributed by atoms with Crippen LogP contribution in [0.4, 0.5) is 5.69 Å². The first-order valence-corrected chi connectivity index (χ1v) is 7.96. The van der Waals surface area contributed by atoms with Crippen molar-refractivity contribution in [2.75, 3.05) is 18.5 Å². The molecule has 1 N–H and O–H groups in total. The zero-order chi connectivity index (χ0) is 14.5. The quantitative estimate of drug-likeness (QED) is 0.904. The van der Waals surface area contributed by atoms with Crippen LogP contribution in [0.1, 0.15) is 38.5 Å². The van der Waals surface area contributed by atoms with E-state index in [-0.39, 0.29) is 17.9 Å². The first-order chi connectivity index (χ1) is 10.3. The first kappa shape index (κ1) is 14.4. The maximum atomic E-state index is 12.1. The summed E-state index contributed by atoms with van der Waals surface area (Å²) in [5, 5.41) is 3.00. The molecule has 1 atom stereocenters. The number of benzene rings is 1. The minimum Gasteiger partial charge on any atom is -0.491 e. The second kappa shape index (κ2) is 6.94. The molecule has 1 saturated heterocycles. The number of rotatable bonds is 5. The fourth-order valence-electron chi connectivity index (χ4n) is 3.06. The van der Waals surface area contributed by atoms with Gasteiger partial charge in [0.15, 0.2) is 0 Å². The third kappa shape index (κ3) is 3.97. The summed E-state index contributed by atoms with van der Waals surface area (Å²) in [6.07, 6.45) is 6.76. The Bertz CT molecular complexity index is 477. The van der Waals surface area contributed by atoms with Crippen molar-refractivity contribution < 1.29 is 14.3 Å². The summed E-state index contributed by atoms with van der Waals surface area (Å²) in [6.45, 7) is 1.42. The second-order valence-corrected chi connectivity index (χ2v) is 5.94. The zero-order valence-electron chi connectivity index (χ0n) is 12.3. The van der Waals surface area contributed by atoms with E-state index >= 15 is 0 Å². The average molecular weight is 289 g/mol. The van der Waals surface area contributed by atoms with Crippen molar-refractivity contribution in [3.63, 3.8) is 0 Å². The molecule has 1 amide bonds. The lowest BCUT2D eigenvalue weighted by molar-refractivity contribution is -0.119. The minimum absolute atomic E-state index is 0.142. The first-order valence-electron chi connectivity index (χ1n) is 7.96. The highest BCUT2D eigenvalue weighted by molar-refractivity contribution is 5.92. The summed E-state index contributed by atoms with van der Waals surface area (Å²) in [5.74, 6) is 1.11. The summed E-state index contributed by atoms with van der Waals surface area (Å²) < 4.78 is 11.3. The molecule has 1 aromatic rings. The van der Waals surface area contributed by atoms with Gasteiger partial charge in [0, 0.05) is 24.3 Å². The van der Waals surface area contributed by atoms with Gasteiger partial charge in [-0.25, -0.2) is 0 Å². The predicted octanol–water partition coefficient (Wildman–Crippen LogP) is 3.37. The third-order valence-corrected chi connectivity index (χ3v) is 4.29. The van der Waals surface area contributed by atoms with Crippen molar-refractivity contribution in [3.05, 3.63) is 24.3 Å². The van der Waals surface area contributed by atoms with E-state index in [1.54, 1.807) is 0 Å². The molecule has 1 aromatic carbocycles. The summed E-state index contributed by atoms with van der Waals surface area (Å²) >= 11 is 0. The van der Waals surface area contributed by atoms with Gasteiger partial charge in [0.1, 0.15) is 12.4 Å². The van der Waals surface area contributed by atoms with Crippen LogP contribution in [-0.4, -0.2) is 25.2 Å². The predicted molar refractivity (Wildman–Crippen MR) is 81.5 cm³/mol. The number of hydrogen-bond acceptors (Lipinski definition) is 3. The monoisotopic (exact) mass is 289 g/mol. The smallest absolute Gasteiger partial charge is 0.227 e. The van der Waals surface area contributed by atoms with Crippen LogP contribution in [0.2, 0.25) is 0 Å². The molecule has 2 fully saturated rings. The maximum Gasteiger partial charge on any atom is 0.227 e. The Kier molecular flexibility index (Phi) is 4.76. The van der Waals surface area contributed by atoms with Gasteiger partial charge in [-0.2, -0.15) is 0 Å². The Morgan fingerprint density at radius 1 is 1.24 bits per heavy atom. The van der Waals surface area contributed by atoms with Crippen molar-refractivity contribution in [3.8, 4) is 5.75 Å². The van der Waals surface area contributed by atoms with Gasteiger partial charge in [-0.05, 0) is 37.8 Å². The van der Waals surface area contributed by atoms with Crippen molar-refractivity contribution in [2.24, 2.45) is 5.92 Å². The lowest BCUT2D eigenvalue weighted by Gasteiger charge is -2.14. The zero-order valence-corrected chi connectivity index (χ0v) is 12.3. The summed E-state index contributed by atoms with van der Waals surface area (Å²) in [4.78, 5) is 12.1. The number of anilines is 1. The number of nitrogens with one attached hydrogen (secondary N) is 1. The van der Waals surface area contributed by atoms with E-state index in [4.69, 9.17) is 9.47 Å². The molecule has 4 heteroatoms. The Morgan fingerprint density at radius 3 is 2.86 bits per heavy atom. The second-order valence-electron chi connectivity index (χ2n) is 5.94. The molecule has 1 heterocycles. The van der Waals surface area contributed by atoms with E-state index in [9.17, 15) is 4.79 Å². The van der Waals surface area contributed by atoms with Crippen LogP contribution >= 0.6 is 0 Å². The van der Waals surface area contributed by atoms with E-state index < -0.39 is 0 Å². The molecule has 1 unspecified atom stereocenters. The molecule has 1 aliphatic heterocycles. The van der Waals surface area contributed by atoms with E-state index in [2.05, 4.69) is 5.32 Å². The van der Waals surface area contributed by atoms with E-state index in [0.29, 0.717) is 6.61 Å². The molecule has 1 aliphatic carbocycles. The van der Waals surface area contributed by atoms with Gasteiger partial charge in [-0.1, -0.05) is 18.9 Å². The van der Waals surface area contributed by atoms with E-state index in [1.807, 2.05) is 24.3 Å². The normalized spacial score (nSPS) is 22.4. The summed E-state index contributed by atoms with van der Waals surface area (Å²) in [5.41, 5.74) is 0.816. The molecule has 21 heavy (non-hydrogen) atoms. The lowest BCUT2D eigenvalue weighted by Crippen LogP contribution is -2.20. The van der Waals surface area contributed by atoms with Crippen LogP contribution in [0.25, 0.3) is 0 Å². The van der Waals surface area contributed by atoms with Gasteiger partial charge in [-0.15, -0.1) is 0 Å². The molecule has 0 bridgehead atoms. The van der Waals surface area contributed by atoms with Gasteiger partial charge in [-0.3, -0.25) is 4.79 Å². The molecule has 114 valence electrons. The number of carbonyl (C=O) groups excluding carboxylic acids is 1. The molecule has 0 radical (unpaired) electrons. The standard InChI is InChI=1S/C17H23NO3/c19-17(13-5-1-2-6-13)18-14-7-3-8-15(11-14)21-12-16-9-4-10-20-16/h3,7-8,11,13,16H,1-2,4-6,9-10,12H2,(H,18,19). The Balaban J connectivity index is 1.53. The molecule has 4 nitrogen and oxygen atoms in total. The lowest BCUT2D eigenvalue weighted by atomic mass is 10.1. The highest BCUT2D eigenvalue weighted by Gasteiger charge is 2.22. The Labute approximate surface area is 125 Å². The van der Waals surface area contributed by atoms with Gasteiger partial charge >= 0.3 is 0 Å². The van der Waals surface area contributed by atoms with Crippen LogP contribution in [0.3, 0.4) is 0 Å². The van der Waals surface area contributed by atoms with Crippen molar-refractivity contribution in [2.45, 2.75) is 44.6 Å². The fraction of sp³-hybridized carbons (Fsp3) is 0.588. The van der Waals surface area contributed by atoms with Crippen LogP contribution in [0.5, 0.6) is 5.75 Å². The molecule has 0 aromatic heterocycles. The molecule has 3 rings (SSSR count). The SMILES string of the molecule is O=C(Nc1cccc(OCC2CCCO2)c1)C1CCCC1. The number of carbonyl (C=O) groups is 1. The molecular weight excluding hydrogens is 266 g/mol. The van der Waals surface area contributed by atoms with Gasteiger partial charge < -0.3 is 14.8 Å². The van der Waals surface area contributed by atoms with Crippen LogP contribution in [0.15, 0.2) is 24.3 Å². The highest BCUT2D eigenvalue weighted by Crippen LogP contribution is 2.27. The summed E-state index contributed by atoms with van der Waals surface area (Å²) in [6, 6.07) is 7.63. The van der Waals surface area contributed by atoms with Crippen molar-refractivity contribution >= 4 is 11.6 Å². The van der Waals surface area contributed by atoms with Gasteiger partial charge in [0.25, 0.3) is 0 Å². The molecule has 1 saturated carbocycles. The number of ether oxygens (including phenoxy) is 2. The highest BCUT2D eigenvalue weighted by atomic mass is 16.5. The van der Waals surface area contributed by atoms with Crippen molar-refractivity contribution in [1.82, 2.24) is 0 Å². The third-order valence-electron chi connectivity index (χ3n) is 4.29. The van der Waals surface area contributed by atoms with E-state index in [1.165, 1.54) is 12.8 Å². The number of hydrogen-bond donors (Lipinski definition) is 1. The van der Waals surface area contributed by atoms with Gasteiger partial charge in [0.05, 0.1) is 6.10 Å². The average Bonchev–Trinajstić information content (AvgIpc) is 3.19. The van der Waals surface area contributed by atoms with Crippen LogP contribution in [-0.2, 0) is 9.53 Å². The molecule has 2 aliphatic rings. The van der Waals surface area contributed by atoms with Crippen LogP contribution in [0, 0.1) is 5.92 Å². The van der Waals surface area contributed by atoms with Crippen molar-refractivity contribution in [1.29, 1.82) is 0 Å². The molecular formula is C17H23NO3. The van der Waals surface area contributed by atoms with E-state index in [0.717, 1.165) is 43.7 Å². The minimum atomic E-state index is 0.142. The fourth-order valence-corrected chi connectivity index (χ4v) is 3.06. The maximum absolute atomic E-state index is 12.1. The van der Waals surface area contributed by atoms with Gasteiger partial charge in [0.2, 0.25) is 5.91 Å². The van der Waals surface area contributed by atoms with Crippen LogP contribution < -0.4 is 10.1 Å². The Hall–Kier alpha value is -1.55. The molecule has 0 spiro atoms. The Morgan fingerprint density at radius 2 is 2.10 bits per heavy atom. The largest absolute Gasteiger partial charge is 0.491 e. The topological polar surface area (TPSA) is 47.6 Å².